The zero-order chi connectivity index (χ0) is 13.4. The van der Waals surface area contributed by atoms with Gasteiger partial charge in [-0.15, -0.1) is 0 Å². The number of hydrogen-bond acceptors (Lipinski definition) is 3. The third kappa shape index (κ3) is 4.98. The van der Waals surface area contributed by atoms with E-state index in [9.17, 15) is 4.79 Å². The minimum Gasteiger partial charge on any atom is -0.325 e. The van der Waals surface area contributed by atoms with Gasteiger partial charge in [-0.3, -0.25) is 9.69 Å². The van der Waals surface area contributed by atoms with Gasteiger partial charge in [-0.1, -0.05) is 18.2 Å². The maximum absolute atomic E-state index is 11.9. The first-order valence-corrected chi connectivity index (χ1v) is 6.09. The number of hydrogen-bond donors (Lipinski definition) is 1. The van der Waals surface area contributed by atoms with Crippen molar-refractivity contribution >= 4 is 11.6 Å². The number of carbonyl (C=O) groups is 1. The molecule has 1 rings (SSSR count). The molecule has 0 atom stereocenters. The number of para-hydroxylation sites is 1. The fourth-order valence-corrected chi connectivity index (χ4v) is 1.62. The second-order valence-corrected chi connectivity index (χ2v) is 4.39. The Labute approximate surface area is 108 Å². The van der Waals surface area contributed by atoms with Crippen LogP contribution < -0.4 is 5.32 Å². The van der Waals surface area contributed by atoms with Crippen molar-refractivity contribution in [2.24, 2.45) is 0 Å². The summed E-state index contributed by atoms with van der Waals surface area (Å²) in [6.45, 7) is 4.98. The summed E-state index contributed by atoms with van der Waals surface area (Å²) in [7, 11) is 0. The molecule has 4 heteroatoms. The van der Waals surface area contributed by atoms with Gasteiger partial charge in [0, 0.05) is 24.7 Å². The SMILES string of the molecule is CC(C)N(CCC#N)CC(=O)Nc1ccccc1. The summed E-state index contributed by atoms with van der Waals surface area (Å²) >= 11 is 0. The van der Waals surface area contributed by atoms with Crippen LogP contribution in [0.25, 0.3) is 0 Å². The molecule has 0 bridgehead atoms. The molecule has 0 saturated heterocycles. The molecule has 0 aromatic heterocycles. The molecular formula is C14H19N3O. The molecule has 0 radical (unpaired) electrons. The Morgan fingerprint density at radius 1 is 1.39 bits per heavy atom. The second kappa shape index (κ2) is 7.46. The molecule has 0 aliphatic carbocycles. The molecule has 1 aromatic carbocycles. The number of anilines is 1. The molecule has 96 valence electrons. The number of amides is 1. The maximum Gasteiger partial charge on any atom is 0.238 e. The number of nitrogens with zero attached hydrogens (tertiary/aromatic N) is 2. The molecule has 0 aliphatic rings. The van der Waals surface area contributed by atoms with Crippen molar-refractivity contribution in [2.45, 2.75) is 26.3 Å². The predicted octanol–water partition coefficient (Wildman–Crippen LogP) is 2.25. The van der Waals surface area contributed by atoms with Crippen molar-refractivity contribution in [1.29, 1.82) is 5.26 Å². The van der Waals surface area contributed by atoms with E-state index in [0.717, 1.165) is 5.69 Å². The lowest BCUT2D eigenvalue weighted by atomic mass is 10.2. The van der Waals surface area contributed by atoms with E-state index in [1.807, 2.05) is 49.1 Å². The number of nitrogens with one attached hydrogen (secondary N) is 1. The lowest BCUT2D eigenvalue weighted by Gasteiger charge is -2.24. The summed E-state index contributed by atoms with van der Waals surface area (Å²) in [5.74, 6) is -0.0483. The molecule has 1 N–H and O–H groups in total. The van der Waals surface area contributed by atoms with Gasteiger partial charge in [-0.2, -0.15) is 5.26 Å². The van der Waals surface area contributed by atoms with Gasteiger partial charge in [-0.05, 0) is 26.0 Å². The van der Waals surface area contributed by atoms with Crippen molar-refractivity contribution in [3.8, 4) is 6.07 Å². The van der Waals surface area contributed by atoms with Crippen LogP contribution in [0, 0.1) is 11.3 Å². The molecule has 0 aliphatic heterocycles. The van der Waals surface area contributed by atoms with Gasteiger partial charge in [0.1, 0.15) is 0 Å². The average Bonchev–Trinajstić information content (AvgIpc) is 2.35. The van der Waals surface area contributed by atoms with Crippen molar-refractivity contribution in [3.05, 3.63) is 30.3 Å². The topological polar surface area (TPSA) is 56.1 Å². The number of benzene rings is 1. The number of nitriles is 1. The Morgan fingerprint density at radius 2 is 2.06 bits per heavy atom. The molecule has 0 fully saturated rings. The van der Waals surface area contributed by atoms with E-state index in [2.05, 4.69) is 11.4 Å². The van der Waals surface area contributed by atoms with Gasteiger partial charge in [-0.25, -0.2) is 0 Å². The Kier molecular flexibility index (Phi) is 5.89. The van der Waals surface area contributed by atoms with Crippen LogP contribution in [0.15, 0.2) is 30.3 Å². The van der Waals surface area contributed by atoms with Crippen molar-refractivity contribution in [1.82, 2.24) is 4.90 Å². The van der Waals surface area contributed by atoms with E-state index in [0.29, 0.717) is 19.5 Å². The molecule has 1 amide bonds. The van der Waals surface area contributed by atoms with E-state index in [4.69, 9.17) is 5.26 Å². The molecule has 0 spiro atoms. The lowest BCUT2D eigenvalue weighted by Crippen LogP contribution is -2.38. The Balaban J connectivity index is 2.49. The minimum absolute atomic E-state index is 0.0483. The standard InChI is InChI=1S/C14H19N3O/c1-12(2)17(10-6-9-15)11-14(18)16-13-7-4-3-5-8-13/h3-5,7-8,12H,6,10-11H2,1-2H3,(H,16,18). The van der Waals surface area contributed by atoms with Crippen molar-refractivity contribution in [3.63, 3.8) is 0 Å². The highest BCUT2D eigenvalue weighted by Crippen LogP contribution is 2.06. The van der Waals surface area contributed by atoms with Crippen LogP contribution in [0.2, 0.25) is 0 Å². The summed E-state index contributed by atoms with van der Waals surface area (Å²) < 4.78 is 0. The third-order valence-corrected chi connectivity index (χ3v) is 2.65. The number of carbonyl (C=O) groups excluding carboxylic acids is 1. The largest absolute Gasteiger partial charge is 0.325 e. The van der Waals surface area contributed by atoms with Gasteiger partial charge in [0.25, 0.3) is 0 Å². The van der Waals surface area contributed by atoms with Gasteiger partial charge in [0.15, 0.2) is 0 Å². The zero-order valence-electron chi connectivity index (χ0n) is 10.9. The molecule has 4 nitrogen and oxygen atoms in total. The first kappa shape index (κ1) is 14.2. The Hall–Kier alpha value is -1.86. The van der Waals surface area contributed by atoms with Crippen LogP contribution in [0.1, 0.15) is 20.3 Å². The molecule has 1 aromatic rings. The van der Waals surface area contributed by atoms with Crippen LogP contribution in [-0.2, 0) is 4.79 Å². The van der Waals surface area contributed by atoms with Gasteiger partial charge in [0.2, 0.25) is 5.91 Å². The summed E-state index contributed by atoms with van der Waals surface area (Å²) in [5, 5.41) is 11.4. The van der Waals surface area contributed by atoms with Crippen LogP contribution in [0.3, 0.4) is 0 Å². The van der Waals surface area contributed by atoms with Crippen LogP contribution >= 0.6 is 0 Å². The van der Waals surface area contributed by atoms with Crippen LogP contribution in [0.4, 0.5) is 5.69 Å². The number of rotatable bonds is 6. The highest BCUT2D eigenvalue weighted by atomic mass is 16.2. The second-order valence-electron chi connectivity index (χ2n) is 4.39. The molecule has 0 saturated carbocycles. The first-order valence-electron chi connectivity index (χ1n) is 6.09. The third-order valence-electron chi connectivity index (χ3n) is 2.65. The zero-order valence-corrected chi connectivity index (χ0v) is 10.9. The van der Waals surface area contributed by atoms with Crippen molar-refractivity contribution < 1.29 is 4.79 Å². The summed E-state index contributed by atoms with van der Waals surface area (Å²) in [5.41, 5.74) is 0.798. The molecule has 0 unspecified atom stereocenters. The van der Waals surface area contributed by atoms with E-state index < -0.39 is 0 Å². The van der Waals surface area contributed by atoms with E-state index >= 15 is 0 Å². The van der Waals surface area contributed by atoms with Gasteiger partial charge in [0.05, 0.1) is 12.6 Å². The smallest absolute Gasteiger partial charge is 0.238 e. The Morgan fingerprint density at radius 3 is 2.61 bits per heavy atom. The lowest BCUT2D eigenvalue weighted by molar-refractivity contribution is -0.117. The van der Waals surface area contributed by atoms with E-state index in [-0.39, 0.29) is 11.9 Å². The molecule has 0 heterocycles. The normalized spacial score (nSPS) is 10.4. The quantitative estimate of drug-likeness (QED) is 0.836. The van der Waals surface area contributed by atoms with E-state index in [1.165, 1.54) is 0 Å². The highest BCUT2D eigenvalue weighted by Gasteiger charge is 2.13. The van der Waals surface area contributed by atoms with Gasteiger partial charge < -0.3 is 5.32 Å². The summed E-state index contributed by atoms with van der Waals surface area (Å²) in [6, 6.07) is 11.7. The summed E-state index contributed by atoms with van der Waals surface area (Å²) in [6.07, 6.45) is 0.441. The van der Waals surface area contributed by atoms with Crippen LogP contribution in [-0.4, -0.2) is 29.9 Å². The van der Waals surface area contributed by atoms with Crippen LogP contribution in [0.5, 0.6) is 0 Å². The highest BCUT2D eigenvalue weighted by molar-refractivity contribution is 5.92. The molecular weight excluding hydrogens is 226 g/mol. The summed E-state index contributed by atoms with van der Waals surface area (Å²) in [4.78, 5) is 13.8. The average molecular weight is 245 g/mol. The fraction of sp³-hybridized carbons (Fsp3) is 0.429. The minimum atomic E-state index is -0.0483. The molecule has 18 heavy (non-hydrogen) atoms. The van der Waals surface area contributed by atoms with Crippen molar-refractivity contribution in [2.75, 3.05) is 18.4 Å². The maximum atomic E-state index is 11.9. The monoisotopic (exact) mass is 245 g/mol. The Bertz CT molecular complexity index is 409. The fourth-order valence-electron chi connectivity index (χ4n) is 1.62. The first-order chi connectivity index (χ1) is 8.63. The van der Waals surface area contributed by atoms with Gasteiger partial charge >= 0.3 is 0 Å². The predicted molar refractivity (Wildman–Crippen MR) is 72.0 cm³/mol. The van der Waals surface area contributed by atoms with E-state index in [1.54, 1.807) is 0 Å².